The summed E-state index contributed by atoms with van der Waals surface area (Å²) in [6.07, 6.45) is 0. The highest BCUT2D eigenvalue weighted by atomic mass is 79.9. The van der Waals surface area contributed by atoms with Gasteiger partial charge in [0.25, 0.3) is 0 Å². The molecule has 0 radical (unpaired) electrons. The van der Waals surface area contributed by atoms with E-state index in [-0.39, 0.29) is 0 Å². The molecule has 2 nitrogen and oxygen atoms in total. The molecule has 0 spiro atoms. The fourth-order valence-corrected chi connectivity index (χ4v) is 2.62. The Bertz CT molecular complexity index is 440. The second kappa shape index (κ2) is 2.94. The van der Waals surface area contributed by atoms with Gasteiger partial charge < -0.3 is 0 Å². The molecule has 2 rings (SSSR count). The largest absolute Gasteiger partial charge is 0.152 e. The van der Waals surface area contributed by atoms with Crippen LogP contribution >= 0.6 is 38.9 Å². The van der Waals surface area contributed by atoms with E-state index in [1.165, 1.54) is 5.56 Å². The summed E-state index contributed by atoms with van der Waals surface area (Å²) in [5.74, 6) is 0. The van der Waals surface area contributed by atoms with Gasteiger partial charge in [-0.05, 0) is 34.5 Å². The fourth-order valence-electron chi connectivity index (χ4n) is 0.968. The summed E-state index contributed by atoms with van der Waals surface area (Å²) in [7, 11) is 0. The third-order valence-electron chi connectivity index (χ3n) is 1.62. The van der Waals surface area contributed by atoms with Crippen molar-refractivity contribution in [1.29, 1.82) is 0 Å². The number of fused-ring (bicyclic) bond motifs is 1. The van der Waals surface area contributed by atoms with Crippen LogP contribution in [-0.4, -0.2) is 10.2 Å². The third-order valence-corrected chi connectivity index (χ3v) is 3.86. The lowest BCUT2D eigenvalue weighted by molar-refractivity contribution is 1.09. The van der Waals surface area contributed by atoms with Crippen molar-refractivity contribution in [2.24, 2.45) is 0 Å². The average molecular weight is 264 g/mol. The van der Waals surface area contributed by atoms with E-state index in [4.69, 9.17) is 11.6 Å². The molecule has 0 atom stereocenters. The molecular formula is C7H4BrClN2S. The van der Waals surface area contributed by atoms with Crippen molar-refractivity contribution >= 4 is 49.1 Å². The molecule has 0 bridgehead atoms. The maximum absolute atomic E-state index is 5.72. The topological polar surface area (TPSA) is 25.8 Å². The van der Waals surface area contributed by atoms with Crippen molar-refractivity contribution < 1.29 is 0 Å². The molecule has 0 aliphatic rings. The molecule has 12 heavy (non-hydrogen) atoms. The lowest BCUT2D eigenvalue weighted by Crippen LogP contribution is -1.80. The van der Waals surface area contributed by atoms with Gasteiger partial charge in [-0.1, -0.05) is 11.6 Å². The van der Waals surface area contributed by atoms with Crippen LogP contribution < -0.4 is 0 Å². The monoisotopic (exact) mass is 262 g/mol. The Morgan fingerprint density at radius 2 is 2.25 bits per heavy atom. The van der Waals surface area contributed by atoms with Gasteiger partial charge in [-0.2, -0.15) is 0 Å². The molecule has 5 heteroatoms. The summed E-state index contributed by atoms with van der Waals surface area (Å²) >= 11 is 10.7. The van der Waals surface area contributed by atoms with Crippen molar-refractivity contribution in [1.82, 2.24) is 10.2 Å². The lowest BCUT2D eigenvalue weighted by Gasteiger charge is -1.89. The molecule has 2 heterocycles. The van der Waals surface area contributed by atoms with E-state index < -0.39 is 0 Å². The zero-order valence-corrected chi connectivity index (χ0v) is 9.29. The minimum atomic E-state index is 0.441. The van der Waals surface area contributed by atoms with E-state index in [1.807, 2.05) is 13.0 Å². The summed E-state index contributed by atoms with van der Waals surface area (Å²) in [6, 6.07) is 1.83. The molecule has 0 saturated carbocycles. The number of hydrogen-bond donors (Lipinski definition) is 0. The number of aromatic nitrogens is 2. The minimum Gasteiger partial charge on any atom is -0.138 e. The number of rotatable bonds is 0. The van der Waals surface area contributed by atoms with Crippen LogP contribution in [0.1, 0.15) is 5.56 Å². The molecule has 62 valence electrons. The number of thiophene rings is 1. The van der Waals surface area contributed by atoms with Crippen molar-refractivity contribution in [2.45, 2.75) is 6.92 Å². The average Bonchev–Trinajstić information content (AvgIpc) is 2.31. The van der Waals surface area contributed by atoms with Crippen LogP contribution in [-0.2, 0) is 0 Å². The Hall–Kier alpha value is -0.190. The van der Waals surface area contributed by atoms with Crippen LogP contribution in [0.3, 0.4) is 0 Å². The fraction of sp³-hybridized carbons (Fsp3) is 0.143. The molecule has 0 saturated heterocycles. The van der Waals surface area contributed by atoms with E-state index in [9.17, 15) is 0 Å². The van der Waals surface area contributed by atoms with E-state index in [0.29, 0.717) is 5.15 Å². The third kappa shape index (κ3) is 1.24. The first-order valence-electron chi connectivity index (χ1n) is 3.26. The van der Waals surface area contributed by atoms with Crippen molar-refractivity contribution in [3.05, 3.63) is 20.6 Å². The molecule has 0 aromatic carbocycles. The summed E-state index contributed by atoms with van der Waals surface area (Å²) in [6.45, 7) is 2.03. The van der Waals surface area contributed by atoms with E-state index in [0.717, 1.165) is 14.0 Å². The first-order chi connectivity index (χ1) is 5.68. The van der Waals surface area contributed by atoms with Crippen molar-refractivity contribution in [2.75, 3.05) is 0 Å². The van der Waals surface area contributed by atoms with Gasteiger partial charge in [-0.25, -0.2) is 0 Å². The summed E-state index contributed by atoms with van der Waals surface area (Å²) in [5, 5.41) is 9.25. The maximum Gasteiger partial charge on any atom is 0.152 e. The standard InChI is InChI=1S/C7H4BrClN2S/c1-3-4-2-5(9)10-11-7(4)12-6(3)8/h2H,1H3. The zero-order chi connectivity index (χ0) is 8.72. The Labute approximate surface area is 86.7 Å². The predicted octanol–water partition coefficient (Wildman–Crippen LogP) is 3.42. The van der Waals surface area contributed by atoms with Crippen LogP contribution in [0.2, 0.25) is 5.15 Å². The van der Waals surface area contributed by atoms with Gasteiger partial charge in [-0.3, -0.25) is 0 Å². The van der Waals surface area contributed by atoms with Crippen molar-refractivity contribution in [3.8, 4) is 0 Å². The normalized spacial score (nSPS) is 10.9. The molecule has 0 fully saturated rings. The molecule has 0 N–H and O–H groups in total. The van der Waals surface area contributed by atoms with Gasteiger partial charge in [0.2, 0.25) is 0 Å². The Kier molecular flexibility index (Phi) is 2.06. The van der Waals surface area contributed by atoms with Gasteiger partial charge in [0, 0.05) is 5.39 Å². The number of hydrogen-bond acceptors (Lipinski definition) is 3. The molecule has 0 unspecified atom stereocenters. The van der Waals surface area contributed by atoms with Crippen molar-refractivity contribution in [3.63, 3.8) is 0 Å². The molecule has 0 aliphatic carbocycles. The van der Waals surface area contributed by atoms with Gasteiger partial charge in [-0.15, -0.1) is 21.5 Å². The Balaban J connectivity index is 2.88. The number of nitrogens with zero attached hydrogens (tertiary/aromatic N) is 2. The Morgan fingerprint density at radius 1 is 1.50 bits per heavy atom. The first kappa shape index (κ1) is 8.41. The highest BCUT2D eigenvalue weighted by Crippen LogP contribution is 2.33. The number of halogens is 2. The second-order valence-electron chi connectivity index (χ2n) is 2.39. The first-order valence-corrected chi connectivity index (χ1v) is 5.25. The van der Waals surface area contributed by atoms with E-state index in [2.05, 4.69) is 26.1 Å². The van der Waals surface area contributed by atoms with E-state index in [1.54, 1.807) is 11.3 Å². The lowest BCUT2D eigenvalue weighted by atomic mass is 10.3. The van der Waals surface area contributed by atoms with Gasteiger partial charge in [0.05, 0.1) is 3.79 Å². The minimum absolute atomic E-state index is 0.441. The summed E-state index contributed by atoms with van der Waals surface area (Å²) < 4.78 is 1.09. The smallest absolute Gasteiger partial charge is 0.138 e. The van der Waals surface area contributed by atoms with Crippen LogP contribution in [0.4, 0.5) is 0 Å². The maximum atomic E-state index is 5.72. The van der Waals surface area contributed by atoms with E-state index >= 15 is 0 Å². The van der Waals surface area contributed by atoms with Gasteiger partial charge in [0.1, 0.15) is 4.83 Å². The van der Waals surface area contributed by atoms with Gasteiger partial charge >= 0.3 is 0 Å². The van der Waals surface area contributed by atoms with Crippen LogP contribution in [0.25, 0.3) is 10.2 Å². The highest BCUT2D eigenvalue weighted by Gasteiger charge is 2.07. The molecule has 0 aliphatic heterocycles. The molecule has 2 aromatic heterocycles. The summed E-state index contributed by atoms with van der Waals surface area (Å²) in [5.41, 5.74) is 1.17. The van der Waals surface area contributed by atoms with Crippen LogP contribution in [0, 0.1) is 6.92 Å². The predicted molar refractivity (Wildman–Crippen MR) is 54.9 cm³/mol. The summed E-state index contributed by atoms with van der Waals surface area (Å²) in [4.78, 5) is 0.920. The quantitative estimate of drug-likeness (QED) is 0.728. The second-order valence-corrected chi connectivity index (χ2v) is 5.09. The Morgan fingerprint density at radius 3 is 3.00 bits per heavy atom. The zero-order valence-electron chi connectivity index (χ0n) is 6.14. The van der Waals surface area contributed by atoms with Gasteiger partial charge in [0.15, 0.2) is 5.15 Å². The molecule has 0 amide bonds. The molecule has 2 aromatic rings. The van der Waals surface area contributed by atoms with Crippen LogP contribution in [0.15, 0.2) is 9.85 Å². The highest BCUT2D eigenvalue weighted by molar-refractivity contribution is 9.11. The SMILES string of the molecule is Cc1c(Br)sc2nnc(Cl)cc12. The van der Waals surface area contributed by atoms with Crippen LogP contribution in [0.5, 0.6) is 0 Å². The number of aryl methyl sites for hydroxylation is 1. The molecular weight excluding hydrogens is 260 g/mol.